The standard InChI is InChI=1S/C11H16N4O/c1-8-3-2-4-14-11(8)15-5-6-16-9(7-15)10(12)13/h2-4,9H,5-7H2,1H3,(H3,12,13). The monoisotopic (exact) mass is 220 g/mol. The Hall–Kier alpha value is -1.62. The van der Waals surface area contributed by atoms with Crippen LogP contribution in [-0.2, 0) is 4.74 Å². The molecule has 0 aliphatic carbocycles. The van der Waals surface area contributed by atoms with Crippen LogP contribution in [-0.4, -0.2) is 36.6 Å². The van der Waals surface area contributed by atoms with Crippen molar-refractivity contribution in [2.45, 2.75) is 13.0 Å². The van der Waals surface area contributed by atoms with Crippen molar-refractivity contribution in [3.05, 3.63) is 23.9 Å². The Kier molecular flexibility index (Phi) is 3.05. The van der Waals surface area contributed by atoms with Gasteiger partial charge in [-0.1, -0.05) is 6.07 Å². The third-order valence-corrected chi connectivity index (χ3v) is 2.69. The highest BCUT2D eigenvalue weighted by atomic mass is 16.5. The molecule has 0 spiro atoms. The number of nitrogens with zero attached hydrogens (tertiary/aromatic N) is 2. The van der Waals surface area contributed by atoms with Crippen molar-refractivity contribution in [1.29, 1.82) is 5.41 Å². The van der Waals surface area contributed by atoms with E-state index in [0.717, 1.165) is 17.9 Å². The van der Waals surface area contributed by atoms with Gasteiger partial charge in [0.2, 0.25) is 0 Å². The first-order chi connectivity index (χ1) is 7.68. The molecule has 1 aromatic heterocycles. The van der Waals surface area contributed by atoms with Crippen molar-refractivity contribution in [3.8, 4) is 0 Å². The number of hydrogen-bond acceptors (Lipinski definition) is 4. The lowest BCUT2D eigenvalue weighted by atomic mass is 10.2. The summed E-state index contributed by atoms with van der Waals surface area (Å²) in [6.45, 7) is 4.01. The molecule has 16 heavy (non-hydrogen) atoms. The molecule has 86 valence electrons. The average Bonchev–Trinajstić information content (AvgIpc) is 2.30. The van der Waals surface area contributed by atoms with Gasteiger partial charge >= 0.3 is 0 Å². The Labute approximate surface area is 94.7 Å². The van der Waals surface area contributed by atoms with E-state index in [9.17, 15) is 0 Å². The first-order valence-corrected chi connectivity index (χ1v) is 5.30. The third-order valence-electron chi connectivity index (χ3n) is 2.69. The summed E-state index contributed by atoms with van der Waals surface area (Å²) in [6.07, 6.45) is 1.47. The van der Waals surface area contributed by atoms with Crippen LogP contribution in [0.3, 0.4) is 0 Å². The van der Waals surface area contributed by atoms with Crippen molar-refractivity contribution in [2.75, 3.05) is 24.6 Å². The first kappa shape index (κ1) is 10.9. The molecule has 0 bridgehead atoms. The van der Waals surface area contributed by atoms with E-state index in [1.54, 1.807) is 6.20 Å². The number of aryl methyl sites for hydroxylation is 1. The molecule has 3 N–H and O–H groups in total. The van der Waals surface area contributed by atoms with E-state index in [1.165, 1.54) is 0 Å². The van der Waals surface area contributed by atoms with E-state index in [4.69, 9.17) is 15.9 Å². The highest BCUT2D eigenvalue weighted by Gasteiger charge is 2.24. The van der Waals surface area contributed by atoms with E-state index < -0.39 is 0 Å². The van der Waals surface area contributed by atoms with Gasteiger partial charge in [0, 0.05) is 12.7 Å². The summed E-state index contributed by atoms with van der Waals surface area (Å²) in [7, 11) is 0. The Balaban J connectivity index is 2.16. The van der Waals surface area contributed by atoms with Crippen LogP contribution in [0.2, 0.25) is 0 Å². The van der Waals surface area contributed by atoms with Gasteiger partial charge in [-0.2, -0.15) is 0 Å². The molecule has 0 aromatic carbocycles. The molecule has 1 unspecified atom stereocenters. The summed E-state index contributed by atoms with van der Waals surface area (Å²) < 4.78 is 5.41. The van der Waals surface area contributed by atoms with Crippen molar-refractivity contribution in [3.63, 3.8) is 0 Å². The van der Waals surface area contributed by atoms with Crippen LogP contribution in [0.1, 0.15) is 5.56 Å². The number of rotatable bonds is 2. The summed E-state index contributed by atoms with van der Waals surface area (Å²) in [6, 6.07) is 3.95. The normalized spacial score (nSPS) is 20.8. The fraction of sp³-hybridized carbons (Fsp3) is 0.455. The summed E-state index contributed by atoms with van der Waals surface area (Å²) in [5.74, 6) is 1.04. The maximum Gasteiger partial charge on any atom is 0.131 e. The quantitative estimate of drug-likeness (QED) is 0.563. The fourth-order valence-corrected chi connectivity index (χ4v) is 1.84. The molecular formula is C11H16N4O. The van der Waals surface area contributed by atoms with Gasteiger partial charge in [0.25, 0.3) is 0 Å². The summed E-state index contributed by atoms with van der Waals surface area (Å²) >= 11 is 0. The third kappa shape index (κ3) is 2.14. The molecule has 2 heterocycles. The van der Waals surface area contributed by atoms with Gasteiger partial charge in [0.15, 0.2) is 0 Å². The van der Waals surface area contributed by atoms with Gasteiger partial charge < -0.3 is 15.4 Å². The van der Waals surface area contributed by atoms with E-state index in [0.29, 0.717) is 13.2 Å². The Morgan fingerprint density at radius 3 is 3.19 bits per heavy atom. The zero-order valence-electron chi connectivity index (χ0n) is 9.31. The fourth-order valence-electron chi connectivity index (χ4n) is 1.84. The smallest absolute Gasteiger partial charge is 0.131 e. The largest absolute Gasteiger partial charge is 0.385 e. The van der Waals surface area contributed by atoms with E-state index in [1.807, 2.05) is 19.1 Å². The van der Waals surface area contributed by atoms with Crippen molar-refractivity contribution in [2.24, 2.45) is 5.73 Å². The molecule has 1 aliphatic rings. The number of nitrogens with two attached hydrogens (primary N) is 1. The minimum atomic E-state index is -0.310. The minimum Gasteiger partial charge on any atom is -0.385 e. The molecule has 1 atom stereocenters. The lowest BCUT2D eigenvalue weighted by Crippen LogP contribution is -2.48. The van der Waals surface area contributed by atoms with Crippen LogP contribution < -0.4 is 10.6 Å². The van der Waals surface area contributed by atoms with E-state index >= 15 is 0 Å². The summed E-state index contributed by atoms with van der Waals surface area (Å²) in [5, 5.41) is 7.40. The zero-order valence-corrected chi connectivity index (χ0v) is 9.31. The number of anilines is 1. The van der Waals surface area contributed by atoms with Crippen LogP contribution in [0.15, 0.2) is 18.3 Å². The molecular weight excluding hydrogens is 204 g/mol. The molecule has 0 amide bonds. The lowest BCUT2D eigenvalue weighted by molar-refractivity contribution is 0.0823. The number of amidine groups is 1. The Morgan fingerprint density at radius 1 is 1.69 bits per heavy atom. The number of hydrogen-bond donors (Lipinski definition) is 2. The average molecular weight is 220 g/mol. The number of ether oxygens (including phenoxy) is 1. The van der Waals surface area contributed by atoms with Crippen LogP contribution in [0.25, 0.3) is 0 Å². The van der Waals surface area contributed by atoms with Gasteiger partial charge in [-0.25, -0.2) is 4.98 Å². The van der Waals surface area contributed by atoms with Gasteiger partial charge in [0.05, 0.1) is 13.2 Å². The van der Waals surface area contributed by atoms with Crippen molar-refractivity contribution < 1.29 is 4.74 Å². The maximum atomic E-state index is 7.40. The van der Waals surface area contributed by atoms with Gasteiger partial charge in [-0.15, -0.1) is 0 Å². The van der Waals surface area contributed by atoms with E-state index in [2.05, 4.69) is 9.88 Å². The van der Waals surface area contributed by atoms with Crippen molar-refractivity contribution >= 4 is 11.7 Å². The summed E-state index contributed by atoms with van der Waals surface area (Å²) in [5.41, 5.74) is 6.59. The second-order valence-electron chi connectivity index (χ2n) is 3.90. The predicted molar refractivity (Wildman–Crippen MR) is 62.8 cm³/mol. The summed E-state index contributed by atoms with van der Waals surface area (Å²) in [4.78, 5) is 6.47. The molecule has 5 heteroatoms. The maximum absolute atomic E-state index is 7.40. The van der Waals surface area contributed by atoms with E-state index in [-0.39, 0.29) is 11.9 Å². The molecule has 1 aromatic rings. The van der Waals surface area contributed by atoms with Crippen molar-refractivity contribution in [1.82, 2.24) is 4.98 Å². The zero-order chi connectivity index (χ0) is 11.5. The number of morpholine rings is 1. The topological polar surface area (TPSA) is 75.2 Å². The molecule has 2 rings (SSSR count). The molecule has 0 radical (unpaired) electrons. The second-order valence-corrected chi connectivity index (χ2v) is 3.90. The molecule has 1 aliphatic heterocycles. The number of pyridine rings is 1. The highest BCUT2D eigenvalue weighted by Crippen LogP contribution is 2.18. The second kappa shape index (κ2) is 4.49. The number of aromatic nitrogens is 1. The highest BCUT2D eigenvalue weighted by molar-refractivity contribution is 5.82. The Bertz CT molecular complexity index is 393. The van der Waals surface area contributed by atoms with Crippen LogP contribution in [0.4, 0.5) is 5.82 Å². The molecule has 0 saturated carbocycles. The molecule has 1 saturated heterocycles. The minimum absolute atomic E-state index is 0.0817. The van der Waals surface area contributed by atoms with Gasteiger partial charge in [0.1, 0.15) is 17.8 Å². The molecule has 1 fully saturated rings. The van der Waals surface area contributed by atoms with Gasteiger partial charge in [-0.3, -0.25) is 5.41 Å². The first-order valence-electron chi connectivity index (χ1n) is 5.30. The van der Waals surface area contributed by atoms with Crippen LogP contribution in [0, 0.1) is 12.3 Å². The Morgan fingerprint density at radius 2 is 2.50 bits per heavy atom. The van der Waals surface area contributed by atoms with Crippen LogP contribution in [0.5, 0.6) is 0 Å². The number of nitrogens with one attached hydrogen (secondary N) is 1. The lowest BCUT2D eigenvalue weighted by Gasteiger charge is -2.33. The van der Waals surface area contributed by atoms with Crippen LogP contribution >= 0.6 is 0 Å². The van der Waals surface area contributed by atoms with Gasteiger partial charge in [-0.05, 0) is 18.6 Å². The molecule has 5 nitrogen and oxygen atoms in total. The predicted octanol–water partition coefficient (Wildman–Crippen LogP) is 0.531. The SMILES string of the molecule is Cc1cccnc1N1CCOC(C(=N)N)C1.